The fraction of sp³-hybridized carbons (Fsp3) is 0.185. The number of carbonyl (C=O) groups is 3. The lowest BCUT2D eigenvalue weighted by atomic mass is 9.92. The molecule has 4 aromatic rings. The van der Waals surface area contributed by atoms with E-state index >= 15 is 0 Å². The van der Waals surface area contributed by atoms with E-state index in [-0.39, 0.29) is 12.5 Å². The predicted molar refractivity (Wildman–Crippen MR) is 135 cm³/mol. The smallest absolute Gasteiger partial charge is 0.325 e. The Kier molecular flexibility index (Phi) is 4.93. The number of urea groups is 1. The molecule has 2 N–H and O–H groups in total. The third kappa shape index (κ3) is 3.57. The molecular weight excluding hydrogens is 460 g/mol. The van der Waals surface area contributed by atoms with Crippen LogP contribution in [-0.2, 0) is 21.5 Å². The molecule has 2 aliphatic rings. The molecule has 1 saturated heterocycles. The minimum atomic E-state index is -1.06. The van der Waals surface area contributed by atoms with Crippen LogP contribution in [0.25, 0.3) is 20.8 Å². The maximum atomic E-state index is 13.2. The molecule has 0 saturated carbocycles. The molecule has 35 heavy (non-hydrogen) atoms. The molecule has 4 amide bonds. The van der Waals surface area contributed by atoms with Gasteiger partial charge in [-0.2, -0.15) is 0 Å². The Labute approximate surface area is 205 Å². The number of aromatic nitrogens is 1. The number of aryl methyl sites for hydroxylation is 2. The van der Waals surface area contributed by atoms with Crippen molar-refractivity contribution in [2.24, 2.45) is 0 Å². The number of fused-ring (bicyclic) bond motifs is 3. The summed E-state index contributed by atoms with van der Waals surface area (Å²) < 4.78 is 1.13. The molecule has 1 aromatic heterocycles. The number of nitrogens with zero attached hydrogens (tertiary/aromatic N) is 2. The van der Waals surface area contributed by atoms with Gasteiger partial charge in [0.2, 0.25) is 5.91 Å². The Morgan fingerprint density at radius 1 is 1.11 bits per heavy atom. The van der Waals surface area contributed by atoms with Crippen LogP contribution in [0.2, 0.25) is 0 Å². The number of benzene rings is 3. The number of hydrogen-bond acceptors (Lipinski definition) is 5. The predicted octanol–water partition coefficient (Wildman–Crippen LogP) is 4.60. The van der Waals surface area contributed by atoms with E-state index in [0.717, 1.165) is 36.8 Å². The van der Waals surface area contributed by atoms with Crippen LogP contribution in [0, 0.1) is 6.92 Å². The van der Waals surface area contributed by atoms with E-state index in [1.165, 1.54) is 5.56 Å². The van der Waals surface area contributed by atoms with Gasteiger partial charge >= 0.3 is 6.03 Å². The highest BCUT2D eigenvalue weighted by Crippen LogP contribution is 2.41. The highest BCUT2D eigenvalue weighted by Gasteiger charge is 2.55. The van der Waals surface area contributed by atoms with Gasteiger partial charge in [-0.1, -0.05) is 30.3 Å². The van der Waals surface area contributed by atoms with Gasteiger partial charge in [0.1, 0.15) is 17.1 Å². The van der Waals surface area contributed by atoms with Crippen molar-refractivity contribution in [3.63, 3.8) is 0 Å². The lowest BCUT2D eigenvalue weighted by Crippen LogP contribution is -2.42. The average Bonchev–Trinajstić information content (AvgIpc) is 3.51. The van der Waals surface area contributed by atoms with Gasteiger partial charge < -0.3 is 10.6 Å². The first-order valence-electron chi connectivity index (χ1n) is 11.4. The Balaban J connectivity index is 1.15. The zero-order valence-corrected chi connectivity index (χ0v) is 19.8. The first kappa shape index (κ1) is 21.5. The number of imide groups is 1. The van der Waals surface area contributed by atoms with Crippen molar-refractivity contribution in [3.05, 3.63) is 83.4 Å². The molecule has 6 rings (SSSR count). The summed E-state index contributed by atoms with van der Waals surface area (Å²) in [5.41, 5.74) is 4.51. The lowest BCUT2D eigenvalue weighted by molar-refractivity contribution is -0.134. The third-order valence-electron chi connectivity index (χ3n) is 6.68. The molecule has 1 aliphatic carbocycles. The standard InChI is InChI=1S/C27H22N4O3S/c1-16-6-11-21-22(14-16)35-24(29-21)18-7-9-19(10-8-18)28-23(32)15-31-25(33)27(30-26(31)34)13-12-17-4-2-3-5-20(17)27/h2-11,14H,12-13,15H2,1H3,(H,28,32)(H,30,34)/t27-/m0/s1. The Morgan fingerprint density at radius 2 is 1.91 bits per heavy atom. The number of thiazole rings is 1. The summed E-state index contributed by atoms with van der Waals surface area (Å²) in [4.78, 5) is 44.3. The largest absolute Gasteiger partial charge is 0.325 e. The van der Waals surface area contributed by atoms with Gasteiger partial charge in [-0.25, -0.2) is 9.78 Å². The lowest BCUT2D eigenvalue weighted by Gasteiger charge is -2.22. The minimum Gasteiger partial charge on any atom is -0.325 e. The van der Waals surface area contributed by atoms with E-state index < -0.39 is 17.5 Å². The molecule has 1 fully saturated rings. The van der Waals surface area contributed by atoms with Crippen molar-refractivity contribution in [2.75, 3.05) is 11.9 Å². The van der Waals surface area contributed by atoms with Crippen LogP contribution in [0.5, 0.6) is 0 Å². The highest BCUT2D eigenvalue weighted by molar-refractivity contribution is 7.21. The first-order chi connectivity index (χ1) is 16.9. The fourth-order valence-electron chi connectivity index (χ4n) is 4.93. The summed E-state index contributed by atoms with van der Waals surface area (Å²) >= 11 is 1.62. The average molecular weight is 483 g/mol. The Bertz CT molecular complexity index is 1510. The minimum absolute atomic E-state index is 0.340. The molecule has 0 unspecified atom stereocenters. The number of anilines is 1. The number of rotatable bonds is 4. The van der Waals surface area contributed by atoms with E-state index in [4.69, 9.17) is 4.98 Å². The molecule has 174 valence electrons. The van der Waals surface area contributed by atoms with Crippen molar-refractivity contribution in [1.29, 1.82) is 0 Å². The molecule has 2 heterocycles. The summed E-state index contributed by atoms with van der Waals surface area (Å²) in [6.07, 6.45) is 1.21. The number of hydrogen-bond donors (Lipinski definition) is 2. The SMILES string of the molecule is Cc1ccc2nc(-c3ccc(NC(=O)CN4C(=O)N[C@]5(CCc6ccccc65)C4=O)cc3)sc2c1. The zero-order chi connectivity index (χ0) is 24.2. The third-order valence-corrected chi connectivity index (χ3v) is 7.75. The quantitative estimate of drug-likeness (QED) is 0.416. The molecule has 1 atom stereocenters. The van der Waals surface area contributed by atoms with E-state index in [2.05, 4.69) is 23.6 Å². The van der Waals surface area contributed by atoms with E-state index in [0.29, 0.717) is 18.5 Å². The van der Waals surface area contributed by atoms with Crippen molar-refractivity contribution >= 4 is 45.1 Å². The molecule has 7 nitrogen and oxygen atoms in total. The number of amides is 4. The second kappa shape index (κ2) is 8.02. The maximum Gasteiger partial charge on any atom is 0.325 e. The van der Waals surface area contributed by atoms with E-state index in [9.17, 15) is 14.4 Å². The van der Waals surface area contributed by atoms with Gasteiger partial charge in [-0.3, -0.25) is 14.5 Å². The summed E-state index contributed by atoms with van der Waals surface area (Å²) in [5.74, 6) is -0.802. The Hall–Kier alpha value is -4.04. The van der Waals surface area contributed by atoms with Crippen molar-refractivity contribution in [3.8, 4) is 10.6 Å². The van der Waals surface area contributed by atoms with Crippen molar-refractivity contribution in [2.45, 2.75) is 25.3 Å². The summed E-state index contributed by atoms with van der Waals surface area (Å²) in [5, 5.41) is 6.54. The second-order valence-corrected chi connectivity index (χ2v) is 10.0. The fourth-order valence-corrected chi connectivity index (χ4v) is 6.00. The molecule has 0 bridgehead atoms. The van der Waals surface area contributed by atoms with Crippen molar-refractivity contribution < 1.29 is 14.4 Å². The molecule has 1 aliphatic heterocycles. The molecule has 8 heteroatoms. The van der Waals surface area contributed by atoms with Crippen LogP contribution >= 0.6 is 11.3 Å². The zero-order valence-electron chi connectivity index (χ0n) is 19.0. The highest BCUT2D eigenvalue weighted by atomic mass is 32.1. The first-order valence-corrected chi connectivity index (χ1v) is 12.2. The Morgan fingerprint density at radius 3 is 2.74 bits per heavy atom. The maximum absolute atomic E-state index is 13.2. The molecule has 0 radical (unpaired) electrons. The van der Waals surface area contributed by atoms with Gasteiger partial charge in [0.25, 0.3) is 5.91 Å². The number of carbonyl (C=O) groups excluding carboxylic acids is 3. The van der Waals surface area contributed by atoms with Gasteiger partial charge in [0.15, 0.2) is 0 Å². The van der Waals surface area contributed by atoms with E-state index in [1.54, 1.807) is 23.5 Å². The monoisotopic (exact) mass is 482 g/mol. The van der Waals surface area contributed by atoms with Crippen LogP contribution in [0.4, 0.5) is 10.5 Å². The van der Waals surface area contributed by atoms with Crippen LogP contribution in [0.15, 0.2) is 66.7 Å². The van der Waals surface area contributed by atoms with E-state index in [1.807, 2.05) is 48.5 Å². The van der Waals surface area contributed by atoms with Crippen LogP contribution in [-0.4, -0.2) is 34.3 Å². The van der Waals surface area contributed by atoms with Gasteiger partial charge in [0, 0.05) is 11.3 Å². The summed E-state index contributed by atoms with van der Waals surface area (Å²) in [6.45, 7) is 1.72. The normalized spacial score (nSPS) is 18.8. The molecule has 1 spiro atoms. The van der Waals surface area contributed by atoms with Gasteiger partial charge in [-0.05, 0) is 72.9 Å². The van der Waals surface area contributed by atoms with Gasteiger partial charge in [-0.15, -0.1) is 11.3 Å². The van der Waals surface area contributed by atoms with Crippen LogP contribution in [0.3, 0.4) is 0 Å². The van der Waals surface area contributed by atoms with Crippen LogP contribution < -0.4 is 10.6 Å². The number of nitrogens with one attached hydrogen (secondary N) is 2. The topological polar surface area (TPSA) is 91.4 Å². The summed E-state index contributed by atoms with van der Waals surface area (Å²) in [6, 6.07) is 20.7. The molecular formula is C27H22N4O3S. The van der Waals surface area contributed by atoms with Crippen molar-refractivity contribution in [1.82, 2.24) is 15.2 Å². The second-order valence-electron chi connectivity index (χ2n) is 9.00. The van der Waals surface area contributed by atoms with Crippen LogP contribution in [0.1, 0.15) is 23.1 Å². The van der Waals surface area contributed by atoms with Gasteiger partial charge in [0.05, 0.1) is 10.2 Å². The molecule has 3 aromatic carbocycles. The summed E-state index contributed by atoms with van der Waals surface area (Å²) in [7, 11) is 0.